The van der Waals surface area contributed by atoms with Gasteiger partial charge in [0.15, 0.2) is 6.61 Å². The number of nitrogens with one attached hydrogen (secondary N) is 1. The summed E-state index contributed by atoms with van der Waals surface area (Å²) in [4.78, 5) is 26.8. The van der Waals surface area contributed by atoms with Gasteiger partial charge in [-0.3, -0.25) is 4.79 Å². The molecule has 1 heterocycles. The monoisotopic (exact) mass is 398 g/mol. The molecule has 2 aromatic carbocycles. The summed E-state index contributed by atoms with van der Waals surface area (Å²) in [6.45, 7) is 1.73. The minimum Gasteiger partial charge on any atom is -0.497 e. The third-order valence-corrected chi connectivity index (χ3v) is 4.83. The van der Waals surface area contributed by atoms with Gasteiger partial charge in [-0.2, -0.15) is 0 Å². The second-order valence-corrected chi connectivity index (χ2v) is 6.79. The maximum absolute atomic E-state index is 12.3. The van der Waals surface area contributed by atoms with Gasteiger partial charge in [-0.1, -0.05) is 0 Å². The third-order valence-electron chi connectivity index (χ3n) is 4.83. The number of amides is 1. The first-order valence-corrected chi connectivity index (χ1v) is 9.64. The lowest BCUT2D eigenvalue weighted by atomic mass is 10.1. The summed E-state index contributed by atoms with van der Waals surface area (Å²) in [5, 5.41) is 2.74. The number of ether oxygens (including phenoxy) is 3. The molecule has 0 spiro atoms. The highest BCUT2D eigenvalue weighted by atomic mass is 16.5. The van der Waals surface area contributed by atoms with E-state index in [1.165, 1.54) is 39.5 Å². The summed E-state index contributed by atoms with van der Waals surface area (Å²) < 4.78 is 15.4. The molecule has 0 unspecified atom stereocenters. The van der Waals surface area contributed by atoms with Crippen LogP contribution in [0.3, 0.4) is 0 Å². The van der Waals surface area contributed by atoms with Gasteiger partial charge in [0, 0.05) is 24.5 Å². The SMILES string of the molecule is COc1ccc(OC)c(C(=O)OCC(=O)Nc2ccc(N3CCCCC3)cc2)c1. The number of rotatable bonds is 7. The largest absolute Gasteiger partial charge is 0.497 e. The van der Waals surface area contributed by atoms with E-state index in [0.717, 1.165) is 18.8 Å². The number of benzene rings is 2. The van der Waals surface area contributed by atoms with Gasteiger partial charge in [-0.05, 0) is 61.7 Å². The zero-order valence-electron chi connectivity index (χ0n) is 16.8. The van der Waals surface area contributed by atoms with Crippen molar-refractivity contribution in [2.75, 3.05) is 44.1 Å². The normalized spacial score (nSPS) is 13.5. The number of esters is 1. The molecule has 1 saturated heterocycles. The van der Waals surface area contributed by atoms with Crippen LogP contribution in [-0.2, 0) is 9.53 Å². The van der Waals surface area contributed by atoms with Crippen molar-refractivity contribution < 1.29 is 23.8 Å². The highest BCUT2D eigenvalue weighted by molar-refractivity contribution is 5.97. The van der Waals surface area contributed by atoms with E-state index in [1.807, 2.05) is 24.3 Å². The predicted octanol–water partition coefficient (Wildman–Crippen LogP) is 3.49. The highest BCUT2D eigenvalue weighted by Crippen LogP contribution is 2.25. The standard InChI is InChI=1S/C22H26N2O5/c1-27-18-10-11-20(28-2)19(14-18)22(26)29-15-21(25)23-16-6-8-17(9-7-16)24-12-4-3-5-13-24/h6-11,14H,3-5,12-13,15H2,1-2H3,(H,23,25). The Hall–Kier alpha value is -3.22. The fourth-order valence-corrected chi connectivity index (χ4v) is 3.29. The Kier molecular flexibility index (Phi) is 6.94. The average molecular weight is 398 g/mol. The van der Waals surface area contributed by atoms with E-state index in [2.05, 4.69) is 10.2 Å². The molecule has 7 nitrogen and oxygen atoms in total. The van der Waals surface area contributed by atoms with Crippen LogP contribution in [0.5, 0.6) is 11.5 Å². The molecule has 1 aliphatic rings. The Bertz CT molecular complexity index is 845. The van der Waals surface area contributed by atoms with Crippen LogP contribution >= 0.6 is 0 Å². The van der Waals surface area contributed by atoms with Gasteiger partial charge in [-0.25, -0.2) is 4.79 Å². The minimum absolute atomic E-state index is 0.200. The van der Waals surface area contributed by atoms with Gasteiger partial charge in [-0.15, -0.1) is 0 Å². The first-order valence-electron chi connectivity index (χ1n) is 9.64. The molecule has 1 amide bonds. The Labute approximate surface area is 170 Å². The summed E-state index contributed by atoms with van der Waals surface area (Å²) in [7, 11) is 2.96. The van der Waals surface area contributed by atoms with Crippen LogP contribution in [0.2, 0.25) is 0 Å². The lowest BCUT2D eigenvalue weighted by molar-refractivity contribution is -0.119. The molecule has 0 aromatic heterocycles. The van der Waals surface area contributed by atoms with Gasteiger partial charge in [0.2, 0.25) is 0 Å². The first-order chi connectivity index (χ1) is 14.1. The van der Waals surface area contributed by atoms with Crippen molar-refractivity contribution in [1.82, 2.24) is 0 Å². The van der Waals surface area contributed by atoms with Gasteiger partial charge < -0.3 is 24.4 Å². The molecule has 0 bridgehead atoms. The maximum atomic E-state index is 12.3. The van der Waals surface area contributed by atoms with Crippen LogP contribution in [0.4, 0.5) is 11.4 Å². The van der Waals surface area contributed by atoms with Crippen molar-refractivity contribution in [2.24, 2.45) is 0 Å². The van der Waals surface area contributed by atoms with E-state index < -0.39 is 18.5 Å². The van der Waals surface area contributed by atoms with Crippen molar-refractivity contribution >= 4 is 23.3 Å². The van der Waals surface area contributed by atoms with Crippen LogP contribution in [0.1, 0.15) is 29.6 Å². The lowest BCUT2D eigenvalue weighted by Crippen LogP contribution is -2.29. The third kappa shape index (κ3) is 5.40. The van der Waals surface area contributed by atoms with Crippen LogP contribution in [-0.4, -0.2) is 45.8 Å². The van der Waals surface area contributed by atoms with Crippen molar-refractivity contribution in [1.29, 1.82) is 0 Å². The molecule has 3 rings (SSSR count). The number of piperidine rings is 1. The summed E-state index contributed by atoms with van der Waals surface area (Å²) >= 11 is 0. The number of nitrogens with zero attached hydrogens (tertiary/aromatic N) is 1. The minimum atomic E-state index is -0.656. The van der Waals surface area contributed by atoms with Crippen molar-refractivity contribution in [2.45, 2.75) is 19.3 Å². The van der Waals surface area contributed by atoms with E-state index in [0.29, 0.717) is 17.2 Å². The lowest BCUT2D eigenvalue weighted by Gasteiger charge is -2.28. The molecule has 0 radical (unpaired) electrons. The molecule has 0 atom stereocenters. The van der Waals surface area contributed by atoms with Crippen LogP contribution in [0.15, 0.2) is 42.5 Å². The smallest absolute Gasteiger partial charge is 0.342 e. The molecule has 1 fully saturated rings. The fourth-order valence-electron chi connectivity index (χ4n) is 3.29. The summed E-state index contributed by atoms with van der Waals surface area (Å²) in [6, 6.07) is 12.5. The second kappa shape index (κ2) is 9.82. The first kappa shape index (κ1) is 20.5. The number of carbonyl (C=O) groups is 2. The van der Waals surface area contributed by atoms with Crippen LogP contribution in [0, 0.1) is 0 Å². The number of methoxy groups -OCH3 is 2. The molecule has 29 heavy (non-hydrogen) atoms. The Morgan fingerprint density at radius 3 is 2.34 bits per heavy atom. The van der Waals surface area contributed by atoms with E-state index in [9.17, 15) is 9.59 Å². The summed E-state index contributed by atoms with van der Waals surface area (Å²) in [6.07, 6.45) is 3.70. The molecule has 154 valence electrons. The molecule has 0 aliphatic carbocycles. The summed E-state index contributed by atoms with van der Waals surface area (Å²) in [5.74, 6) is -0.220. The van der Waals surface area contributed by atoms with E-state index in [4.69, 9.17) is 14.2 Å². The molecule has 1 N–H and O–H groups in total. The zero-order valence-corrected chi connectivity index (χ0v) is 16.8. The topological polar surface area (TPSA) is 77.1 Å². The molecule has 7 heteroatoms. The predicted molar refractivity (Wildman–Crippen MR) is 111 cm³/mol. The van der Waals surface area contributed by atoms with Gasteiger partial charge in [0.25, 0.3) is 5.91 Å². The van der Waals surface area contributed by atoms with E-state index >= 15 is 0 Å². The number of hydrogen-bond donors (Lipinski definition) is 1. The van der Waals surface area contributed by atoms with Crippen LogP contribution < -0.4 is 19.7 Å². The number of hydrogen-bond acceptors (Lipinski definition) is 6. The Balaban J connectivity index is 1.54. The molecule has 1 aliphatic heterocycles. The second-order valence-electron chi connectivity index (χ2n) is 6.79. The summed E-state index contributed by atoms with van der Waals surface area (Å²) in [5.41, 5.74) is 2.01. The maximum Gasteiger partial charge on any atom is 0.342 e. The van der Waals surface area contributed by atoms with Gasteiger partial charge in [0.05, 0.1) is 14.2 Å². The molecule has 2 aromatic rings. The van der Waals surface area contributed by atoms with Gasteiger partial charge in [0.1, 0.15) is 17.1 Å². The molecular weight excluding hydrogens is 372 g/mol. The highest BCUT2D eigenvalue weighted by Gasteiger charge is 2.17. The van der Waals surface area contributed by atoms with E-state index in [-0.39, 0.29) is 5.56 Å². The number of anilines is 2. The van der Waals surface area contributed by atoms with Crippen LogP contribution in [0.25, 0.3) is 0 Å². The average Bonchev–Trinajstić information content (AvgIpc) is 2.78. The zero-order chi connectivity index (χ0) is 20.6. The Morgan fingerprint density at radius 1 is 0.966 bits per heavy atom. The van der Waals surface area contributed by atoms with Crippen molar-refractivity contribution in [3.05, 3.63) is 48.0 Å². The van der Waals surface area contributed by atoms with Gasteiger partial charge >= 0.3 is 5.97 Å². The Morgan fingerprint density at radius 2 is 1.69 bits per heavy atom. The quantitative estimate of drug-likeness (QED) is 0.720. The van der Waals surface area contributed by atoms with Crippen molar-refractivity contribution in [3.8, 4) is 11.5 Å². The molecule has 0 saturated carbocycles. The number of carbonyl (C=O) groups excluding carboxylic acids is 2. The fraction of sp³-hybridized carbons (Fsp3) is 0.364. The van der Waals surface area contributed by atoms with Crippen molar-refractivity contribution in [3.63, 3.8) is 0 Å². The molecular formula is C22H26N2O5. The van der Waals surface area contributed by atoms with E-state index in [1.54, 1.807) is 12.1 Å².